The van der Waals surface area contributed by atoms with Crippen LogP contribution in [0.3, 0.4) is 0 Å². The van der Waals surface area contributed by atoms with E-state index in [2.05, 4.69) is 18.0 Å². The van der Waals surface area contributed by atoms with Crippen LogP contribution in [0.5, 0.6) is 5.88 Å². The van der Waals surface area contributed by atoms with Crippen molar-refractivity contribution in [2.75, 3.05) is 20.3 Å². The van der Waals surface area contributed by atoms with Gasteiger partial charge in [-0.25, -0.2) is 9.97 Å². The number of fused-ring (bicyclic) bond motifs is 1. The van der Waals surface area contributed by atoms with Crippen molar-refractivity contribution in [2.24, 2.45) is 5.73 Å². The number of nitrogens with two attached hydrogens (primary N) is 1. The van der Waals surface area contributed by atoms with E-state index in [1.807, 2.05) is 38.5 Å². The van der Waals surface area contributed by atoms with Crippen LogP contribution in [0.1, 0.15) is 60.9 Å². The molecule has 3 rings (SSSR count). The zero-order valence-corrected chi connectivity index (χ0v) is 20.3. The second-order valence-corrected chi connectivity index (χ2v) is 8.45. The molecule has 0 spiro atoms. The van der Waals surface area contributed by atoms with E-state index in [-0.39, 0.29) is 30.2 Å². The molecule has 3 N–H and O–H groups in total. The second-order valence-electron chi connectivity index (χ2n) is 8.45. The normalized spacial score (nSPS) is 12.5. The lowest BCUT2D eigenvalue weighted by molar-refractivity contribution is 0.0993. The van der Waals surface area contributed by atoms with Crippen LogP contribution in [0.2, 0.25) is 0 Å². The van der Waals surface area contributed by atoms with Gasteiger partial charge in [0.25, 0.3) is 5.91 Å². The SMILES string of the molecule is CCc1cc2c(nc1-c1cc(C(N)=O)c(OC(C)C)nc1CC)c(C)cn2C(CO)COC. The summed E-state index contributed by atoms with van der Waals surface area (Å²) in [5.41, 5.74) is 12.0. The van der Waals surface area contributed by atoms with Gasteiger partial charge in [-0.05, 0) is 56.9 Å². The van der Waals surface area contributed by atoms with Gasteiger partial charge in [0.15, 0.2) is 0 Å². The summed E-state index contributed by atoms with van der Waals surface area (Å²) in [4.78, 5) is 21.9. The number of nitrogens with zero attached hydrogens (tertiary/aromatic N) is 3. The molecule has 0 radical (unpaired) electrons. The summed E-state index contributed by atoms with van der Waals surface area (Å²) in [5.74, 6) is -0.334. The number of primary amides is 1. The Morgan fingerprint density at radius 3 is 2.48 bits per heavy atom. The molecule has 0 saturated carbocycles. The first-order chi connectivity index (χ1) is 15.7. The Bertz CT molecular complexity index is 1150. The fourth-order valence-corrected chi connectivity index (χ4v) is 4.08. The molecule has 0 saturated heterocycles. The van der Waals surface area contributed by atoms with Crippen LogP contribution in [0.15, 0.2) is 18.3 Å². The third kappa shape index (κ3) is 4.86. The third-order valence-electron chi connectivity index (χ3n) is 5.68. The van der Waals surface area contributed by atoms with E-state index >= 15 is 0 Å². The van der Waals surface area contributed by atoms with E-state index in [0.717, 1.165) is 45.5 Å². The minimum Gasteiger partial charge on any atom is -0.474 e. The van der Waals surface area contributed by atoms with Crippen molar-refractivity contribution < 1.29 is 19.4 Å². The molecule has 0 aliphatic heterocycles. The van der Waals surface area contributed by atoms with Gasteiger partial charge in [-0.1, -0.05) is 13.8 Å². The summed E-state index contributed by atoms with van der Waals surface area (Å²) in [5, 5.41) is 9.89. The zero-order chi connectivity index (χ0) is 24.3. The fourth-order valence-electron chi connectivity index (χ4n) is 4.08. The number of aromatic nitrogens is 3. The molecule has 3 aromatic rings. The molecule has 0 aliphatic carbocycles. The minimum atomic E-state index is -0.589. The smallest absolute Gasteiger partial charge is 0.254 e. The van der Waals surface area contributed by atoms with Gasteiger partial charge in [0.05, 0.1) is 47.8 Å². The van der Waals surface area contributed by atoms with Gasteiger partial charge in [-0.2, -0.15) is 0 Å². The molecule has 8 nitrogen and oxygen atoms in total. The van der Waals surface area contributed by atoms with Gasteiger partial charge < -0.3 is 24.9 Å². The molecular formula is C25H34N4O4. The Balaban J connectivity index is 2.28. The predicted octanol–water partition coefficient (Wildman–Crippen LogP) is 3.60. The molecule has 0 aromatic carbocycles. The van der Waals surface area contributed by atoms with Crippen molar-refractivity contribution in [3.05, 3.63) is 40.7 Å². The van der Waals surface area contributed by atoms with Gasteiger partial charge in [-0.15, -0.1) is 0 Å². The van der Waals surface area contributed by atoms with Crippen molar-refractivity contribution in [1.29, 1.82) is 0 Å². The Labute approximate surface area is 194 Å². The summed E-state index contributed by atoms with van der Waals surface area (Å²) in [6.45, 7) is 10.2. The van der Waals surface area contributed by atoms with Crippen molar-refractivity contribution >= 4 is 16.9 Å². The number of carbonyl (C=O) groups excluding carboxylic acids is 1. The van der Waals surface area contributed by atoms with E-state index < -0.39 is 5.91 Å². The average molecular weight is 455 g/mol. The monoisotopic (exact) mass is 454 g/mol. The van der Waals surface area contributed by atoms with Crippen molar-refractivity contribution in [3.63, 3.8) is 0 Å². The number of hydrogen-bond acceptors (Lipinski definition) is 6. The molecule has 178 valence electrons. The van der Waals surface area contributed by atoms with Gasteiger partial charge >= 0.3 is 0 Å². The van der Waals surface area contributed by atoms with Crippen LogP contribution in [0.25, 0.3) is 22.3 Å². The number of methoxy groups -OCH3 is 1. The number of hydrogen-bond donors (Lipinski definition) is 2. The van der Waals surface area contributed by atoms with Crippen molar-refractivity contribution in [1.82, 2.24) is 14.5 Å². The summed E-state index contributed by atoms with van der Waals surface area (Å²) >= 11 is 0. The first-order valence-corrected chi connectivity index (χ1v) is 11.4. The highest BCUT2D eigenvalue weighted by Gasteiger charge is 2.22. The summed E-state index contributed by atoms with van der Waals surface area (Å²) in [6, 6.07) is 3.66. The number of ether oxygens (including phenoxy) is 2. The Morgan fingerprint density at radius 2 is 1.94 bits per heavy atom. The average Bonchev–Trinajstić information content (AvgIpc) is 3.10. The minimum absolute atomic E-state index is 0.0382. The van der Waals surface area contributed by atoms with Crippen LogP contribution < -0.4 is 10.5 Å². The lowest BCUT2D eigenvalue weighted by Gasteiger charge is -2.19. The maximum absolute atomic E-state index is 12.2. The molecular weight excluding hydrogens is 420 g/mol. The fraction of sp³-hybridized carbons (Fsp3) is 0.480. The van der Waals surface area contributed by atoms with Gasteiger partial charge in [0.2, 0.25) is 5.88 Å². The highest BCUT2D eigenvalue weighted by molar-refractivity contribution is 5.97. The molecule has 1 amide bonds. The number of rotatable bonds is 10. The van der Waals surface area contributed by atoms with E-state index in [4.69, 9.17) is 20.2 Å². The summed E-state index contributed by atoms with van der Waals surface area (Å²) in [7, 11) is 1.62. The number of aliphatic hydroxyl groups is 1. The van der Waals surface area contributed by atoms with Gasteiger partial charge in [0.1, 0.15) is 5.56 Å². The number of aliphatic hydroxyl groups excluding tert-OH is 1. The maximum Gasteiger partial charge on any atom is 0.254 e. The van der Waals surface area contributed by atoms with Crippen LogP contribution >= 0.6 is 0 Å². The standard InChI is InChI=1S/C25H34N4O4/c1-7-16-9-21-22(15(5)11-29(21)17(12-30)13-32-6)28-23(16)18-10-19(24(26)31)25(33-14(3)4)27-20(18)8-2/h9-11,14,17,30H,7-8,12-13H2,1-6H3,(H2,26,31). The molecule has 3 heterocycles. The summed E-state index contributed by atoms with van der Waals surface area (Å²) < 4.78 is 13.1. The molecule has 1 unspecified atom stereocenters. The molecule has 3 aromatic heterocycles. The molecule has 0 fully saturated rings. The maximum atomic E-state index is 12.2. The molecule has 33 heavy (non-hydrogen) atoms. The second kappa shape index (κ2) is 10.3. The van der Waals surface area contributed by atoms with E-state index in [1.165, 1.54) is 0 Å². The number of aryl methyl sites for hydroxylation is 3. The Hall–Kier alpha value is -2.97. The summed E-state index contributed by atoms with van der Waals surface area (Å²) in [6.07, 6.45) is 3.23. The van der Waals surface area contributed by atoms with Crippen LogP contribution in [-0.4, -0.2) is 52.0 Å². The van der Waals surface area contributed by atoms with E-state index in [1.54, 1.807) is 13.2 Å². The van der Waals surface area contributed by atoms with Crippen LogP contribution in [-0.2, 0) is 17.6 Å². The van der Waals surface area contributed by atoms with Crippen molar-refractivity contribution in [2.45, 2.75) is 59.6 Å². The Kier molecular flexibility index (Phi) is 7.71. The van der Waals surface area contributed by atoms with Crippen LogP contribution in [0.4, 0.5) is 0 Å². The van der Waals surface area contributed by atoms with E-state index in [9.17, 15) is 9.90 Å². The molecule has 1 atom stereocenters. The molecule has 8 heteroatoms. The Morgan fingerprint density at radius 1 is 1.21 bits per heavy atom. The molecule has 0 aliphatic rings. The lowest BCUT2D eigenvalue weighted by Crippen LogP contribution is -2.18. The van der Waals surface area contributed by atoms with Gasteiger partial charge in [0, 0.05) is 18.9 Å². The van der Waals surface area contributed by atoms with Gasteiger partial charge in [-0.3, -0.25) is 4.79 Å². The zero-order valence-electron chi connectivity index (χ0n) is 20.3. The number of carbonyl (C=O) groups is 1. The van der Waals surface area contributed by atoms with E-state index in [0.29, 0.717) is 13.0 Å². The highest BCUT2D eigenvalue weighted by Crippen LogP contribution is 2.34. The first kappa shape index (κ1) is 24.7. The quantitative estimate of drug-likeness (QED) is 0.484. The van der Waals surface area contributed by atoms with Crippen LogP contribution in [0, 0.1) is 6.92 Å². The highest BCUT2D eigenvalue weighted by atomic mass is 16.5. The third-order valence-corrected chi connectivity index (χ3v) is 5.68. The first-order valence-electron chi connectivity index (χ1n) is 11.4. The topological polar surface area (TPSA) is 112 Å². The molecule has 0 bridgehead atoms. The predicted molar refractivity (Wildman–Crippen MR) is 129 cm³/mol. The number of pyridine rings is 2. The van der Waals surface area contributed by atoms with Crippen molar-refractivity contribution in [3.8, 4) is 17.1 Å². The lowest BCUT2D eigenvalue weighted by atomic mass is 9.98. The largest absolute Gasteiger partial charge is 0.474 e. The number of amides is 1.